The van der Waals surface area contributed by atoms with Gasteiger partial charge in [0.05, 0.1) is 6.21 Å². The van der Waals surface area contributed by atoms with Gasteiger partial charge in [-0.3, -0.25) is 0 Å². The van der Waals surface area contributed by atoms with E-state index in [4.69, 9.17) is 0 Å². The van der Waals surface area contributed by atoms with Crippen molar-refractivity contribution in [1.29, 1.82) is 0 Å². The Hall–Kier alpha value is -1.85. The molecule has 2 rings (SSSR count). The number of nitrogens with zero attached hydrogens (tertiary/aromatic N) is 4. The van der Waals surface area contributed by atoms with Crippen LogP contribution < -0.4 is 0 Å². The molecule has 0 aromatic rings. The molecule has 0 radical (unpaired) electrons. The van der Waals surface area contributed by atoms with Crippen LogP contribution in [0.4, 0.5) is 4.79 Å². The molecule has 0 aromatic carbocycles. The molecule has 6 heteroatoms. The number of amidine groups is 1. The van der Waals surface area contributed by atoms with E-state index in [9.17, 15) is 10.0 Å². The van der Waals surface area contributed by atoms with E-state index in [2.05, 4.69) is 15.0 Å². The number of hydrogen-bond donors (Lipinski definition) is 0. The third-order valence-electron chi connectivity index (χ3n) is 1.25. The van der Waals surface area contributed by atoms with Crippen LogP contribution in [0.1, 0.15) is 0 Å². The molecule has 2 heterocycles. The van der Waals surface area contributed by atoms with Crippen LogP contribution >= 0.6 is 0 Å². The van der Waals surface area contributed by atoms with Crippen molar-refractivity contribution in [1.82, 2.24) is 0 Å². The molecule has 0 atom stereocenters. The summed E-state index contributed by atoms with van der Waals surface area (Å²) in [7, 11) is 0. The summed E-state index contributed by atoms with van der Waals surface area (Å²) in [5, 5.41) is 10.8. The molecular weight excluding hydrogens is 148 g/mol. The Morgan fingerprint density at radius 1 is 1.45 bits per heavy atom. The molecule has 2 aliphatic heterocycles. The first-order valence-corrected chi connectivity index (χ1v) is 2.82. The number of amides is 2. The largest absolute Gasteiger partial charge is 0.710 e. The van der Waals surface area contributed by atoms with E-state index in [0.29, 0.717) is 4.74 Å². The molecule has 0 saturated heterocycles. The number of hydrogen-bond acceptors (Lipinski definition) is 3. The summed E-state index contributed by atoms with van der Waals surface area (Å²) >= 11 is 0. The topological polar surface area (TPSA) is 80.2 Å². The second-order valence-corrected chi connectivity index (χ2v) is 1.93. The van der Waals surface area contributed by atoms with Gasteiger partial charge < -0.3 is 5.21 Å². The molecule has 0 aromatic heterocycles. The number of hydroxylamine groups is 1. The summed E-state index contributed by atoms with van der Waals surface area (Å²) in [5.41, 5.74) is 0.213. The summed E-state index contributed by atoms with van der Waals surface area (Å²) in [4.78, 5) is 20.8. The zero-order valence-corrected chi connectivity index (χ0v) is 5.26. The predicted molar refractivity (Wildman–Crippen MR) is 38.4 cm³/mol. The van der Waals surface area contributed by atoms with Gasteiger partial charge in [0, 0.05) is 0 Å². The van der Waals surface area contributed by atoms with Crippen LogP contribution in [-0.4, -0.2) is 34.9 Å². The Morgan fingerprint density at radius 3 is 3.09 bits per heavy atom. The fourth-order valence-corrected chi connectivity index (χ4v) is 0.771. The van der Waals surface area contributed by atoms with Crippen LogP contribution in [-0.2, 0) is 0 Å². The smallest absolute Gasteiger partial charge is 0.371 e. The van der Waals surface area contributed by atoms with Crippen LogP contribution in [0.3, 0.4) is 0 Å². The summed E-state index contributed by atoms with van der Waals surface area (Å²) in [6, 6.07) is -0.629. The minimum Gasteiger partial charge on any atom is -0.710 e. The lowest BCUT2D eigenvalue weighted by molar-refractivity contribution is -0.306. The average molecular weight is 150 g/mol. The van der Waals surface area contributed by atoms with Gasteiger partial charge in [0.1, 0.15) is 0 Å². The summed E-state index contributed by atoms with van der Waals surface area (Å²) in [6.07, 6.45) is 2.20. The fourth-order valence-electron chi connectivity index (χ4n) is 0.771. The third kappa shape index (κ3) is 0.759. The predicted octanol–water partition coefficient (Wildman–Crippen LogP) is -0.417. The van der Waals surface area contributed by atoms with Crippen molar-refractivity contribution in [3.8, 4) is 0 Å². The highest BCUT2D eigenvalue weighted by Crippen LogP contribution is 1.99. The molecule has 54 valence electrons. The maximum atomic E-state index is 10.8. The number of aliphatic imine (C=N–C) groups is 3. The third-order valence-corrected chi connectivity index (χ3v) is 1.25. The van der Waals surface area contributed by atoms with Gasteiger partial charge in [-0.25, -0.2) is 9.53 Å². The van der Waals surface area contributed by atoms with Crippen molar-refractivity contribution in [2.75, 3.05) is 0 Å². The molecule has 0 spiro atoms. The first-order chi connectivity index (χ1) is 5.27. The lowest BCUT2D eigenvalue weighted by atomic mass is 10.3. The highest BCUT2D eigenvalue weighted by molar-refractivity contribution is 6.64. The Bertz CT molecular complexity index is 349. The van der Waals surface area contributed by atoms with Crippen molar-refractivity contribution >= 4 is 30.1 Å². The molecule has 0 aliphatic carbocycles. The summed E-state index contributed by atoms with van der Waals surface area (Å²) in [6.45, 7) is 0. The lowest BCUT2D eigenvalue weighted by Gasteiger charge is -1.99. The van der Waals surface area contributed by atoms with E-state index < -0.39 is 6.03 Å². The minimum absolute atomic E-state index is 0.139. The molecule has 0 N–H and O–H groups in total. The monoisotopic (exact) mass is 150 g/mol. The number of urea groups is 1. The van der Waals surface area contributed by atoms with Gasteiger partial charge in [-0.2, -0.15) is 4.99 Å². The minimum atomic E-state index is -0.629. The lowest BCUT2D eigenvalue weighted by Crippen LogP contribution is -2.22. The first kappa shape index (κ1) is 5.90. The van der Waals surface area contributed by atoms with Crippen molar-refractivity contribution in [3.05, 3.63) is 5.21 Å². The van der Waals surface area contributed by atoms with E-state index in [1.165, 1.54) is 0 Å². The number of rotatable bonds is 0. The van der Waals surface area contributed by atoms with Crippen molar-refractivity contribution in [2.45, 2.75) is 0 Å². The molecule has 0 fully saturated rings. The fraction of sp³-hybridized carbons (Fsp3) is 0. The zero-order valence-electron chi connectivity index (χ0n) is 5.26. The molecule has 0 bridgehead atoms. The molecule has 11 heavy (non-hydrogen) atoms. The van der Waals surface area contributed by atoms with E-state index >= 15 is 0 Å². The van der Waals surface area contributed by atoms with E-state index in [-0.39, 0.29) is 11.5 Å². The van der Waals surface area contributed by atoms with Crippen LogP contribution in [0.25, 0.3) is 0 Å². The number of carbonyl (C=O) groups is 1. The molecule has 0 unspecified atom stereocenters. The maximum Gasteiger partial charge on any atom is 0.371 e. The zero-order chi connectivity index (χ0) is 7.84. The summed E-state index contributed by atoms with van der Waals surface area (Å²) in [5.74, 6) is 0.139. The number of carbonyl (C=O) groups excluding carboxylic acids is 1. The molecular formula is C5H2N4O2. The van der Waals surface area contributed by atoms with Gasteiger partial charge in [-0.15, -0.1) is 4.99 Å². The Balaban J connectivity index is 2.55. The summed E-state index contributed by atoms with van der Waals surface area (Å²) < 4.78 is 0.509. The normalized spacial score (nSPS) is 20.7. The highest BCUT2D eigenvalue weighted by Gasteiger charge is 2.26. The van der Waals surface area contributed by atoms with E-state index in [0.717, 1.165) is 12.6 Å². The van der Waals surface area contributed by atoms with Gasteiger partial charge >= 0.3 is 11.9 Å². The van der Waals surface area contributed by atoms with Gasteiger partial charge in [0.25, 0.3) is 6.34 Å². The molecule has 2 amide bonds. The van der Waals surface area contributed by atoms with Crippen LogP contribution in [0, 0.1) is 5.21 Å². The first-order valence-electron chi connectivity index (χ1n) is 2.82. The Labute approximate surface area is 60.9 Å². The number of fused-ring (bicyclic) bond motifs is 1. The average Bonchev–Trinajstić information content (AvgIpc) is 2.32. The van der Waals surface area contributed by atoms with E-state index in [1.807, 2.05) is 0 Å². The van der Waals surface area contributed by atoms with Gasteiger partial charge in [-0.1, -0.05) is 0 Å². The molecule has 6 nitrogen and oxygen atoms in total. The van der Waals surface area contributed by atoms with Crippen molar-refractivity contribution < 1.29 is 9.53 Å². The van der Waals surface area contributed by atoms with Crippen molar-refractivity contribution in [3.63, 3.8) is 0 Å². The van der Waals surface area contributed by atoms with Crippen LogP contribution in [0.15, 0.2) is 15.0 Å². The van der Waals surface area contributed by atoms with Crippen LogP contribution in [0.5, 0.6) is 0 Å². The maximum absolute atomic E-state index is 10.8. The SMILES string of the molecule is O=C1N=CC2=[N+]([O-])C=NC2=N1. The molecule has 2 aliphatic rings. The van der Waals surface area contributed by atoms with Crippen molar-refractivity contribution in [2.24, 2.45) is 15.0 Å². The standard InChI is InChI=1S/C5H2N4O2/c10-5-6-1-3-4(8-5)7-2-9(3)11/h1-2H. The van der Waals surface area contributed by atoms with E-state index in [1.54, 1.807) is 0 Å². The second kappa shape index (κ2) is 1.82. The quantitative estimate of drug-likeness (QED) is 0.347. The van der Waals surface area contributed by atoms with Gasteiger partial charge in [0.15, 0.2) is 0 Å². The van der Waals surface area contributed by atoms with Gasteiger partial charge in [-0.05, 0) is 4.99 Å². The highest BCUT2D eigenvalue weighted by atomic mass is 16.5. The second-order valence-electron chi connectivity index (χ2n) is 1.93. The Morgan fingerprint density at radius 2 is 2.27 bits per heavy atom. The van der Waals surface area contributed by atoms with Crippen LogP contribution in [0.2, 0.25) is 0 Å². The molecule has 0 saturated carbocycles. The van der Waals surface area contributed by atoms with Gasteiger partial charge in [0.2, 0.25) is 5.71 Å². The Kier molecular flexibility index (Phi) is 0.974.